The maximum Gasteiger partial charge on any atom is 0.203 e. The lowest BCUT2D eigenvalue weighted by Gasteiger charge is -2.01. The predicted octanol–water partition coefficient (Wildman–Crippen LogP) is 0.406. The van der Waals surface area contributed by atoms with Crippen LogP contribution in [-0.2, 0) is 13.1 Å². The normalized spacial score (nSPS) is 15.1. The van der Waals surface area contributed by atoms with Gasteiger partial charge in [-0.3, -0.25) is 0 Å². The first kappa shape index (κ1) is 6.95. The number of hydrogen-bond donors (Lipinski definition) is 0. The molecule has 3 nitrogen and oxygen atoms in total. The van der Waals surface area contributed by atoms with Gasteiger partial charge >= 0.3 is 0 Å². The monoisotopic (exact) mass is 174 g/mol. The highest BCUT2D eigenvalue weighted by molar-refractivity contribution is 5.78. The fraction of sp³-hybridized carbons (Fsp3) is 0.300. The van der Waals surface area contributed by atoms with Crippen molar-refractivity contribution in [1.29, 1.82) is 0 Å². The Balaban J connectivity index is 2.38. The molecule has 0 amide bonds. The minimum atomic E-state index is 0.0948. The Morgan fingerprint density at radius 1 is 1.38 bits per heavy atom. The SMILES string of the molecule is [O-]c1ccc2c(c1)c[n+]1n2CCC1. The summed E-state index contributed by atoms with van der Waals surface area (Å²) in [6.07, 6.45) is 3.26. The Morgan fingerprint density at radius 3 is 3.23 bits per heavy atom. The predicted molar refractivity (Wildman–Crippen MR) is 46.2 cm³/mol. The topological polar surface area (TPSA) is 31.9 Å². The van der Waals surface area contributed by atoms with Crippen molar-refractivity contribution in [2.24, 2.45) is 0 Å². The van der Waals surface area contributed by atoms with Crippen LogP contribution in [0.4, 0.5) is 0 Å². The number of benzene rings is 1. The van der Waals surface area contributed by atoms with E-state index >= 15 is 0 Å². The molecule has 0 spiro atoms. The molecule has 0 radical (unpaired) electrons. The van der Waals surface area contributed by atoms with Crippen LogP contribution in [0.15, 0.2) is 24.4 Å². The average Bonchev–Trinajstić information content (AvgIpc) is 2.62. The second-order valence-electron chi connectivity index (χ2n) is 3.49. The van der Waals surface area contributed by atoms with Gasteiger partial charge < -0.3 is 5.11 Å². The van der Waals surface area contributed by atoms with Gasteiger partial charge in [-0.1, -0.05) is 12.1 Å². The molecule has 66 valence electrons. The molecule has 1 aromatic carbocycles. The van der Waals surface area contributed by atoms with Crippen molar-refractivity contribution in [1.82, 2.24) is 4.68 Å². The van der Waals surface area contributed by atoms with E-state index in [1.54, 1.807) is 12.1 Å². The van der Waals surface area contributed by atoms with Crippen LogP contribution < -0.4 is 9.79 Å². The van der Waals surface area contributed by atoms with E-state index in [1.807, 2.05) is 6.07 Å². The van der Waals surface area contributed by atoms with E-state index < -0.39 is 0 Å². The summed E-state index contributed by atoms with van der Waals surface area (Å²) in [5, 5.41) is 12.2. The number of fused-ring (bicyclic) bond motifs is 3. The molecule has 13 heavy (non-hydrogen) atoms. The quantitative estimate of drug-likeness (QED) is 0.532. The molecule has 3 heteroatoms. The third-order valence-electron chi connectivity index (χ3n) is 2.63. The van der Waals surface area contributed by atoms with Crippen LogP contribution in [0.25, 0.3) is 10.9 Å². The van der Waals surface area contributed by atoms with Gasteiger partial charge in [0.05, 0.1) is 11.9 Å². The zero-order chi connectivity index (χ0) is 8.84. The molecule has 1 aliphatic heterocycles. The van der Waals surface area contributed by atoms with Gasteiger partial charge in [-0.2, -0.15) is 4.68 Å². The lowest BCUT2D eigenvalue weighted by atomic mass is 10.2. The zero-order valence-electron chi connectivity index (χ0n) is 7.23. The fourth-order valence-electron chi connectivity index (χ4n) is 2.06. The zero-order valence-corrected chi connectivity index (χ0v) is 7.23. The highest BCUT2D eigenvalue weighted by Gasteiger charge is 2.20. The first-order valence-corrected chi connectivity index (χ1v) is 4.55. The molecule has 0 N–H and O–H groups in total. The van der Waals surface area contributed by atoms with Crippen LogP contribution >= 0.6 is 0 Å². The molecule has 0 unspecified atom stereocenters. The summed E-state index contributed by atoms with van der Waals surface area (Å²) >= 11 is 0. The summed E-state index contributed by atoms with van der Waals surface area (Å²) in [5.41, 5.74) is 1.18. The number of aromatic nitrogens is 2. The number of rotatable bonds is 0. The summed E-state index contributed by atoms with van der Waals surface area (Å²) in [6.45, 7) is 2.14. The molecule has 1 aromatic heterocycles. The summed E-state index contributed by atoms with van der Waals surface area (Å²) in [6, 6.07) is 5.25. The van der Waals surface area contributed by atoms with E-state index in [0.717, 1.165) is 18.5 Å². The first-order chi connectivity index (χ1) is 6.34. The Bertz CT molecular complexity index is 473. The highest BCUT2D eigenvalue weighted by atomic mass is 16.3. The average molecular weight is 174 g/mol. The molecule has 2 aromatic rings. The van der Waals surface area contributed by atoms with Gasteiger partial charge in [0.1, 0.15) is 5.52 Å². The lowest BCUT2D eigenvalue weighted by molar-refractivity contribution is -0.755. The van der Waals surface area contributed by atoms with E-state index in [0.29, 0.717) is 0 Å². The van der Waals surface area contributed by atoms with Gasteiger partial charge in [0.25, 0.3) is 0 Å². The Morgan fingerprint density at radius 2 is 2.31 bits per heavy atom. The summed E-state index contributed by atoms with van der Waals surface area (Å²) in [5.74, 6) is 0.0948. The molecular formula is C10H10N2O. The van der Waals surface area contributed by atoms with Crippen LogP contribution in [-0.4, -0.2) is 4.68 Å². The molecule has 0 fully saturated rings. The van der Waals surface area contributed by atoms with Gasteiger partial charge in [0.2, 0.25) is 6.20 Å². The van der Waals surface area contributed by atoms with Crippen LogP contribution in [0.2, 0.25) is 0 Å². The molecular weight excluding hydrogens is 164 g/mol. The highest BCUT2D eigenvalue weighted by Crippen LogP contribution is 2.18. The van der Waals surface area contributed by atoms with Crippen LogP contribution in [0, 0.1) is 0 Å². The number of nitrogens with zero attached hydrogens (tertiary/aromatic N) is 2. The van der Waals surface area contributed by atoms with Crippen molar-refractivity contribution >= 4 is 10.9 Å². The van der Waals surface area contributed by atoms with Crippen LogP contribution in [0.1, 0.15) is 6.42 Å². The molecule has 0 saturated carbocycles. The third-order valence-corrected chi connectivity index (χ3v) is 2.63. The Hall–Kier alpha value is -1.51. The van der Waals surface area contributed by atoms with Gasteiger partial charge in [-0.25, -0.2) is 0 Å². The molecule has 0 aliphatic carbocycles. The second kappa shape index (κ2) is 2.25. The van der Waals surface area contributed by atoms with Gasteiger partial charge in [-0.15, -0.1) is 10.4 Å². The largest absolute Gasteiger partial charge is 0.872 e. The fourth-order valence-corrected chi connectivity index (χ4v) is 2.06. The maximum absolute atomic E-state index is 11.1. The van der Waals surface area contributed by atoms with Crippen LogP contribution in [0.5, 0.6) is 5.75 Å². The minimum Gasteiger partial charge on any atom is -0.872 e. The van der Waals surface area contributed by atoms with E-state index in [9.17, 15) is 5.11 Å². The molecule has 0 atom stereocenters. The van der Waals surface area contributed by atoms with E-state index in [-0.39, 0.29) is 5.75 Å². The van der Waals surface area contributed by atoms with E-state index in [1.165, 1.54) is 11.9 Å². The Labute approximate surface area is 75.8 Å². The molecule has 0 bridgehead atoms. The molecule has 1 aliphatic rings. The van der Waals surface area contributed by atoms with Crippen molar-refractivity contribution in [2.45, 2.75) is 19.5 Å². The van der Waals surface area contributed by atoms with Gasteiger partial charge in [0.15, 0.2) is 6.54 Å². The van der Waals surface area contributed by atoms with Gasteiger partial charge in [0, 0.05) is 6.42 Å². The van der Waals surface area contributed by atoms with Crippen molar-refractivity contribution < 1.29 is 9.79 Å². The summed E-state index contributed by atoms with van der Waals surface area (Å²) in [4.78, 5) is 0. The first-order valence-electron chi connectivity index (χ1n) is 4.55. The second-order valence-corrected chi connectivity index (χ2v) is 3.49. The summed E-state index contributed by atoms with van der Waals surface area (Å²) in [7, 11) is 0. The smallest absolute Gasteiger partial charge is 0.203 e. The van der Waals surface area contributed by atoms with Crippen molar-refractivity contribution in [3.63, 3.8) is 0 Å². The maximum atomic E-state index is 11.1. The minimum absolute atomic E-state index is 0.0948. The van der Waals surface area contributed by atoms with Crippen molar-refractivity contribution in [3.05, 3.63) is 24.4 Å². The summed E-state index contributed by atoms with van der Waals surface area (Å²) < 4.78 is 4.42. The number of aryl methyl sites for hydroxylation is 2. The van der Waals surface area contributed by atoms with Crippen LogP contribution in [0.3, 0.4) is 0 Å². The Kier molecular flexibility index (Phi) is 1.20. The molecule has 3 rings (SSSR count). The van der Waals surface area contributed by atoms with E-state index in [4.69, 9.17) is 0 Å². The molecule has 2 heterocycles. The van der Waals surface area contributed by atoms with Crippen molar-refractivity contribution in [3.8, 4) is 5.75 Å². The lowest BCUT2D eigenvalue weighted by Crippen LogP contribution is -2.35. The van der Waals surface area contributed by atoms with Crippen molar-refractivity contribution in [2.75, 3.05) is 0 Å². The van der Waals surface area contributed by atoms with Gasteiger partial charge in [-0.05, 0) is 6.07 Å². The van der Waals surface area contributed by atoms with E-state index in [2.05, 4.69) is 15.6 Å². The standard InChI is InChI=1S/C10H10N2O/c13-9-2-3-10-8(6-9)7-11-4-1-5-12(10)11/h2-3,6-7H,1,4-5H2. The molecule has 0 saturated heterocycles. The number of hydrogen-bond acceptors (Lipinski definition) is 1. The third kappa shape index (κ3) is 0.869.